The van der Waals surface area contributed by atoms with Gasteiger partial charge in [0.25, 0.3) is 16.0 Å². The normalized spacial score (nSPS) is 23.3. The summed E-state index contributed by atoms with van der Waals surface area (Å²) in [6.07, 6.45) is 2.29. The number of hydrogen-bond donors (Lipinski definition) is 3. The van der Waals surface area contributed by atoms with Crippen molar-refractivity contribution in [2.24, 2.45) is 0 Å². The Morgan fingerprint density at radius 1 is 1.23 bits per heavy atom. The number of carboxylic acid groups (broad SMARTS) is 1. The number of hydrogen-bond acceptors (Lipinski definition) is 5. The predicted molar refractivity (Wildman–Crippen MR) is 88.2 cm³/mol. The summed E-state index contributed by atoms with van der Waals surface area (Å²) in [6.45, 7) is 0. The molecule has 0 aromatic heterocycles. The molecule has 2 aliphatic rings. The number of carbonyl (C=O) groups excluding carboxylic acids is 2. The van der Waals surface area contributed by atoms with Crippen LogP contribution in [0.25, 0.3) is 0 Å². The fraction of sp³-hybridized carbons (Fsp3) is 0.312. The molecule has 1 saturated heterocycles. The Labute approximate surface area is 149 Å². The van der Waals surface area contributed by atoms with E-state index in [1.807, 2.05) is 0 Å². The highest BCUT2D eigenvalue weighted by Crippen LogP contribution is 2.34. The number of aliphatic carboxylic acids is 1. The average molecular weight is 380 g/mol. The Balaban J connectivity index is 1.81. The molecule has 3 rings (SSSR count). The summed E-state index contributed by atoms with van der Waals surface area (Å²) < 4.78 is 32.8. The van der Waals surface area contributed by atoms with Crippen molar-refractivity contribution in [1.82, 2.24) is 10.2 Å². The molecule has 0 aliphatic carbocycles. The zero-order valence-corrected chi connectivity index (χ0v) is 14.2. The van der Waals surface area contributed by atoms with Gasteiger partial charge in [-0.05, 0) is 18.4 Å². The second-order valence-corrected chi connectivity index (χ2v) is 7.54. The Morgan fingerprint density at radius 3 is 2.46 bits per heavy atom. The van der Waals surface area contributed by atoms with Gasteiger partial charge in [-0.2, -0.15) is 8.42 Å². The van der Waals surface area contributed by atoms with Gasteiger partial charge >= 0.3 is 5.97 Å². The molecular formula is C16H16N2O7S. The van der Waals surface area contributed by atoms with Crippen molar-refractivity contribution >= 4 is 27.9 Å². The third-order valence-electron chi connectivity index (χ3n) is 4.43. The summed E-state index contributed by atoms with van der Waals surface area (Å²) >= 11 is 0. The van der Waals surface area contributed by atoms with Gasteiger partial charge in [0.15, 0.2) is 5.25 Å². The molecule has 9 nitrogen and oxygen atoms in total. The van der Waals surface area contributed by atoms with E-state index in [1.165, 1.54) is 30.3 Å². The van der Waals surface area contributed by atoms with Crippen LogP contribution in [0.1, 0.15) is 23.7 Å². The topological polar surface area (TPSA) is 141 Å². The summed E-state index contributed by atoms with van der Waals surface area (Å²) in [7, 11) is -4.76. The molecule has 2 amide bonds. The second kappa shape index (κ2) is 6.54. The van der Waals surface area contributed by atoms with Crippen LogP contribution in [0.3, 0.4) is 0 Å². The van der Waals surface area contributed by atoms with Gasteiger partial charge in [0.2, 0.25) is 5.91 Å². The molecule has 1 fully saturated rings. The van der Waals surface area contributed by atoms with E-state index in [-0.39, 0.29) is 11.3 Å². The SMILES string of the molecule is O=C(O)C1=CCC[C@@H]2[C@@H](NC(=O)C(c3ccccc3)S(=O)(=O)O)C(=O)N12. The van der Waals surface area contributed by atoms with Crippen LogP contribution in [-0.2, 0) is 24.5 Å². The van der Waals surface area contributed by atoms with Crippen molar-refractivity contribution in [3.63, 3.8) is 0 Å². The average Bonchev–Trinajstić information content (AvgIpc) is 2.58. The lowest BCUT2D eigenvalue weighted by Gasteiger charge is -2.49. The third kappa shape index (κ3) is 3.08. The van der Waals surface area contributed by atoms with Crippen molar-refractivity contribution in [3.8, 4) is 0 Å². The Bertz CT molecular complexity index is 894. The van der Waals surface area contributed by atoms with E-state index in [9.17, 15) is 27.4 Å². The Kier molecular flexibility index (Phi) is 4.55. The molecule has 0 spiro atoms. The fourth-order valence-corrected chi connectivity index (χ4v) is 4.13. The monoisotopic (exact) mass is 380 g/mol. The number of allylic oxidation sites excluding steroid dienone is 1. The standard InChI is InChI=1S/C16H16N2O7S/c19-14(13(26(23,24)25)9-5-2-1-3-6-9)17-12-10-7-4-8-11(16(21)22)18(10)15(12)20/h1-3,5-6,8,10,12-13H,4,7H2,(H,17,19)(H,21,22)(H,23,24,25)/t10-,12-,13?/m1/s1. The number of carbonyl (C=O) groups is 3. The molecule has 2 heterocycles. The summed E-state index contributed by atoms with van der Waals surface area (Å²) in [5.41, 5.74) is -0.0861. The maximum atomic E-state index is 12.5. The van der Waals surface area contributed by atoms with Crippen molar-refractivity contribution in [2.75, 3.05) is 0 Å². The lowest BCUT2D eigenvalue weighted by Crippen LogP contribution is -2.71. The number of carboxylic acids is 1. The Hall–Kier alpha value is -2.72. The summed E-state index contributed by atoms with van der Waals surface area (Å²) in [4.78, 5) is 37.0. The molecule has 2 aliphatic heterocycles. The van der Waals surface area contributed by atoms with Crippen molar-refractivity contribution < 1.29 is 32.5 Å². The fourth-order valence-electron chi connectivity index (χ4n) is 3.29. The van der Waals surface area contributed by atoms with E-state index in [2.05, 4.69) is 5.32 Å². The molecule has 0 saturated carbocycles. The number of nitrogens with zero attached hydrogens (tertiary/aromatic N) is 1. The van der Waals surface area contributed by atoms with Gasteiger partial charge in [0.1, 0.15) is 11.7 Å². The minimum Gasteiger partial charge on any atom is -0.477 e. The second-order valence-electron chi connectivity index (χ2n) is 6.04. The van der Waals surface area contributed by atoms with Gasteiger partial charge in [-0.1, -0.05) is 36.4 Å². The molecule has 0 bridgehead atoms. The van der Waals surface area contributed by atoms with Gasteiger partial charge in [-0.3, -0.25) is 19.0 Å². The highest BCUT2D eigenvalue weighted by atomic mass is 32.2. The van der Waals surface area contributed by atoms with Gasteiger partial charge < -0.3 is 10.4 Å². The number of fused-ring (bicyclic) bond motifs is 1. The van der Waals surface area contributed by atoms with Crippen molar-refractivity contribution in [3.05, 3.63) is 47.7 Å². The van der Waals surface area contributed by atoms with E-state index >= 15 is 0 Å². The van der Waals surface area contributed by atoms with Crippen LogP contribution in [0.2, 0.25) is 0 Å². The largest absolute Gasteiger partial charge is 0.477 e. The molecule has 1 unspecified atom stereocenters. The van der Waals surface area contributed by atoms with E-state index in [1.54, 1.807) is 6.07 Å². The molecule has 3 atom stereocenters. The number of rotatable bonds is 5. The van der Waals surface area contributed by atoms with Crippen LogP contribution in [-0.4, -0.2) is 52.8 Å². The van der Waals surface area contributed by atoms with Gasteiger partial charge in [0.05, 0.1) is 6.04 Å². The van der Waals surface area contributed by atoms with Crippen LogP contribution in [0.4, 0.5) is 0 Å². The number of benzene rings is 1. The first-order valence-corrected chi connectivity index (χ1v) is 9.30. The van der Waals surface area contributed by atoms with Crippen LogP contribution >= 0.6 is 0 Å². The first-order chi connectivity index (χ1) is 12.2. The number of β-lactam (4-membered cyclic amide) rings is 1. The summed E-state index contributed by atoms with van der Waals surface area (Å²) in [5, 5.41) is 9.60. The summed E-state index contributed by atoms with van der Waals surface area (Å²) in [5.74, 6) is -2.91. The van der Waals surface area contributed by atoms with Crippen LogP contribution < -0.4 is 5.32 Å². The lowest BCUT2D eigenvalue weighted by atomic mass is 9.86. The van der Waals surface area contributed by atoms with Gasteiger partial charge in [0, 0.05) is 0 Å². The maximum absolute atomic E-state index is 12.5. The molecule has 1 aromatic carbocycles. The molecule has 1 aromatic rings. The van der Waals surface area contributed by atoms with Crippen molar-refractivity contribution in [2.45, 2.75) is 30.2 Å². The molecular weight excluding hydrogens is 364 g/mol. The van der Waals surface area contributed by atoms with Gasteiger partial charge in [-0.15, -0.1) is 0 Å². The van der Waals surface area contributed by atoms with Crippen LogP contribution in [0.5, 0.6) is 0 Å². The quantitative estimate of drug-likeness (QED) is 0.485. The van der Waals surface area contributed by atoms with Crippen LogP contribution in [0.15, 0.2) is 42.1 Å². The number of amides is 2. The van der Waals surface area contributed by atoms with E-state index in [0.717, 1.165) is 4.90 Å². The third-order valence-corrected chi connectivity index (χ3v) is 5.52. The van der Waals surface area contributed by atoms with E-state index < -0.39 is 45.2 Å². The van der Waals surface area contributed by atoms with Crippen LogP contribution in [0, 0.1) is 0 Å². The van der Waals surface area contributed by atoms with E-state index in [4.69, 9.17) is 5.11 Å². The minimum absolute atomic E-state index is 0.0610. The van der Waals surface area contributed by atoms with Gasteiger partial charge in [-0.25, -0.2) is 4.79 Å². The predicted octanol–water partition coefficient (Wildman–Crippen LogP) is 0.0734. The molecule has 26 heavy (non-hydrogen) atoms. The number of nitrogens with one attached hydrogen (secondary N) is 1. The Morgan fingerprint density at radius 2 is 1.88 bits per heavy atom. The molecule has 10 heteroatoms. The lowest BCUT2D eigenvalue weighted by molar-refractivity contribution is -0.155. The minimum atomic E-state index is -4.76. The molecule has 3 N–H and O–H groups in total. The maximum Gasteiger partial charge on any atom is 0.352 e. The molecule has 0 radical (unpaired) electrons. The first kappa shape index (κ1) is 18.1. The summed E-state index contributed by atoms with van der Waals surface area (Å²) in [6, 6.07) is 5.82. The highest BCUT2D eigenvalue weighted by Gasteiger charge is 2.52. The first-order valence-electron chi connectivity index (χ1n) is 7.80. The highest BCUT2D eigenvalue weighted by molar-refractivity contribution is 7.86. The smallest absolute Gasteiger partial charge is 0.352 e. The van der Waals surface area contributed by atoms with Crippen molar-refractivity contribution in [1.29, 1.82) is 0 Å². The zero-order valence-electron chi connectivity index (χ0n) is 13.4. The van der Waals surface area contributed by atoms with E-state index in [0.29, 0.717) is 12.8 Å². The zero-order chi connectivity index (χ0) is 19.1. The molecule has 138 valence electrons.